The largest absolute Gasteiger partial charge is 0.454 e. The molecule has 4 rings (SSSR count). The number of benzene rings is 1. The van der Waals surface area contributed by atoms with Gasteiger partial charge in [0.2, 0.25) is 18.6 Å². The first-order valence-corrected chi connectivity index (χ1v) is 12.0. The molecule has 172 valence electrons. The lowest BCUT2D eigenvalue weighted by molar-refractivity contribution is -0.142. The smallest absolute Gasteiger partial charge is 0.242 e. The van der Waals surface area contributed by atoms with Gasteiger partial charge >= 0.3 is 0 Å². The summed E-state index contributed by atoms with van der Waals surface area (Å²) in [5, 5.41) is 2.04. The van der Waals surface area contributed by atoms with Crippen molar-refractivity contribution < 1.29 is 23.8 Å². The zero-order chi connectivity index (χ0) is 22.5. The summed E-state index contributed by atoms with van der Waals surface area (Å²) in [7, 11) is 0. The van der Waals surface area contributed by atoms with E-state index in [0.29, 0.717) is 31.8 Å². The Kier molecular flexibility index (Phi) is 7.32. The van der Waals surface area contributed by atoms with E-state index in [1.54, 1.807) is 16.2 Å². The van der Waals surface area contributed by atoms with Crippen molar-refractivity contribution in [2.45, 2.75) is 52.3 Å². The van der Waals surface area contributed by atoms with E-state index in [1.807, 2.05) is 35.4 Å². The summed E-state index contributed by atoms with van der Waals surface area (Å²) in [6, 6.07) is 7.82. The number of nitrogens with zero attached hydrogens (tertiary/aromatic N) is 2. The van der Waals surface area contributed by atoms with Crippen LogP contribution in [0, 0.1) is 6.92 Å². The monoisotopic (exact) mass is 458 g/mol. The van der Waals surface area contributed by atoms with Crippen molar-refractivity contribution in [3.63, 3.8) is 0 Å². The van der Waals surface area contributed by atoms with Gasteiger partial charge in [-0.2, -0.15) is 0 Å². The summed E-state index contributed by atoms with van der Waals surface area (Å²) in [6.45, 7) is 6.28. The molecule has 32 heavy (non-hydrogen) atoms. The van der Waals surface area contributed by atoms with Crippen LogP contribution in [0.1, 0.15) is 42.2 Å². The Morgan fingerprint density at radius 1 is 1.09 bits per heavy atom. The molecule has 1 fully saturated rings. The zero-order valence-electron chi connectivity index (χ0n) is 18.7. The fraction of sp³-hybridized carbons (Fsp3) is 0.500. The maximum absolute atomic E-state index is 13.5. The van der Waals surface area contributed by atoms with Gasteiger partial charge in [-0.1, -0.05) is 13.0 Å². The number of hydrogen-bond donors (Lipinski definition) is 0. The van der Waals surface area contributed by atoms with Crippen molar-refractivity contribution in [2.75, 3.05) is 26.5 Å². The zero-order valence-corrected chi connectivity index (χ0v) is 19.5. The van der Waals surface area contributed by atoms with Gasteiger partial charge < -0.3 is 24.0 Å². The van der Waals surface area contributed by atoms with Crippen LogP contribution in [0.2, 0.25) is 0 Å². The SMILES string of the molecule is CCC(=O)N(CC(=O)N(Cc1ccc2c(c1)OCO2)Cc1sccc1C)CC1CCCO1. The molecule has 2 aliphatic rings. The van der Waals surface area contributed by atoms with Gasteiger partial charge in [-0.3, -0.25) is 9.59 Å². The number of fused-ring (bicyclic) bond motifs is 1. The van der Waals surface area contributed by atoms with Crippen LogP contribution in [0.25, 0.3) is 0 Å². The molecule has 8 heteroatoms. The van der Waals surface area contributed by atoms with Crippen molar-refractivity contribution in [3.8, 4) is 11.5 Å². The minimum absolute atomic E-state index is 0.0140. The van der Waals surface area contributed by atoms with Gasteiger partial charge in [0.15, 0.2) is 11.5 Å². The first kappa shape index (κ1) is 22.6. The highest BCUT2D eigenvalue weighted by molar-refractivity contribution is 7.10. The fourth-order valence-corrected chi connectivity index (χ4v) is 4.93. The lowest BCUT2D eigenvalue weighted by Crippen LogP contribution is -2.45. The second-order valence-corrected chi connectivity index (χ2v) is 9.23. The Hall–Kier alpha value is -2.58. The second-order valence-electron chi connectivity index (χ2n) is 8.23. The molecular weight excluding hydrogens is 428 g/mol. The average molecular weight is 459 g/mol. The molecule has 0 aliphatic carbocycles. The summed E-state index contributed by atoms with van der Waals surface area (Å²) in [5.74, 6) is 1.32. The topological polar surface area (TPSA) is 68.3 Å². The van der Waals surface area contributed by atoms with Gasteiger partial charge in [0.05, 0.1) is 19.2 Å². The number of carbonyl (C=O) groups excluding carboxylic acids is 2. The highest BCUT2D eigenvalue weighted by Gasteiger charge is 2.26. The van der Waals surface area contributed by atoms with E-state index in [0.717, 1.165) is 35.6 Å². The van der Waals surface area contributed by atoms with Crippen LogP contribution in [-0.4, -0.2) is 54.2 Å². The van der Waals surface area contributed by atoms with E-state index in [9.17, 15) is 9.59 Å². The van der Waals surface area contributed by atoms with Gasteiger partial charge in [-0.05, 0) is 54.5 Å². The molecule has 0 radical (unpaired) electrons. The van der Waals surface area contributed by atoms with Crippen molar-refractivity contribution >= 4 is 23.2 Å². The lowest BCUT2D eigenvalue weighted by atomic mass is 10.1. The third-order valence-electron chi connectivity index (χ3n) is 5.90. The van der Waals surface area contributed by atoms with Crippen LogP contribution < -0.4 is 9.47 Å². The maximum atomic E-state index is 13.5. The van der Waals surface area contributed by atoms with Gasteiger partial charge in [0.25, 0.3) is 0 Å². The average Bonchev–Trinajstić information content (AvgIpc) is 3.55. The van der Waals surface area contributed by atoms with Crippen molar-refractivity contribution in [1.29, 1.82) is 0 Å². The Labute approximate surface area is 192 Å². The Morgan fingerprint density at radius 2 is 1.94 bits per heavy atom. The number of hydrogen-bond acceptors (Lipinski definition) is 6. The number of ether oxygens (including phenoxy) is 3. The quantitative estimate of drug-likeness (QED) is 0.573. The summed E-state index contributed by atoms with van der Waals surface area (Å²) >= 11 is 1.64. The summed E-state index contributed by atoms with van der Waals surface area (Å²) in [6.07, 6.45) is 2.31. The predicted molar refractivity (Wildman–Crippen MR) is 122 cm³/mol. The normalized spacial score (nSPS) is 16.9. The molecule has 1 atom stereocenters. The molecule has 1 aromatic heterocycles. The van der Waals surface area contributed by atoms with Crippen LogP contribution in [0.5, 0.6) is 11.5 Å². The van der Waals surface area contributed by atoms with E-state index >= 15 is 0 Å². The molecular formula is C24H30N2O5S. The van der Waals surface area contributed by atoms with Gasteiger partial charge in [0, 0.05) is 31.0 Å². The lowest BCUT2D eigenvalue weighted by Gasteiger charge is -2.29. The molecule has 1 aromatic carbocycles. The molecule has 0 saturated carbocycles. The van der Waals surface area contributed by atoms with Crippen molar-refractivity contribution in [2.24, 2.45) is 0 Å². The Bertz CT molecular complexity index is 954. The van der Waals surface area contributed by atoms with E-state index in [1.165, 1.54) is 5.56 Å². The molecule has 3 heterocycles. The number of aryl methyl sites for hydroxylation is 1. The molecule has 1 saturated heterocycles. The minimum Gasteiger partial charge on any atom is -0.454 e. The maximum Gasteiger partial charge on any atom is 0.242 e. The second kappa shape index (κ2) is 10.4. The number of amides is 2. The third-order valence-corrected chi connectivity index (χ3v) is 6.90. The van der Waals surface area contributed by atoms with Crippen molar-refractivity contribution in [3.05, 3.63) is 45.6 Å². The number of carbonyl (C=O) groups is 2. The molecule has 2 amide bonds. The van der Waals surface area contributed by atoms with Crippen LogP contribution in [0.3, 0.4) is 0 Å². The van der Waals surface area contributed by atoms with Gasteiger partial charge in [0.1, 0.15) is 0 Å². The van der Waals surface area contributed by atoms with E-state index in [4.69, 9.17) is 14.2 Å². The van der Waals surface area contributed by atoms with E-state index in [2.05, 4.69) is 13.0 Å². The first-order chi connectivity index (χ1) is 15.5. The molecule has 7 nitrogen and oxygen atoms in total. The minimum atomic E-state index is -0.0738. The molecule has 1 unspecified atom stereocenters. The summed E-state index contributed by atoms with van der Waals surface area (Å²) < 4.78 is 16.6. The van der Waals surface area contributed by atoms with Crippen LogP contribution >= 0.6 is 11.3 Å². The van der Waals surface area contributed by atoms with Gasteiger partial charge in [-0.25, -0.2) is 0 Å². The summed E-state index contributed by atoms with van der Waals surface area (Å²) in [4.78, 5) is 30.7. The fourth-order valence-electron chi connectivity index (χ4n) is 4.01. The number of rotatable bonds is 9. The van der Waals surface area contributed by atoms with Crippen LogP contribution in [0.4, 0.5) is 0 Å². The molecule has 0 bridgehead atoms. The molecule has 0 N–H and O–H groups in total. The highest BCUT2D eigenvalue weighted by atomic mass is 32.1. The van der Waals surface area contributed by atoms with E-state index in [-0.39, 0.29) is 31.3 Å². The third kappa shape index (κ3) is 5.42. The van der Waals surface area contributed by atoms with Crippen LogP contribution in [-0.2, 0) is 27.4 Å². The highest BCUT2D eigenvalue weighted by Crippen LogP contribution is 2.33. The van der Waals surface area contributed by atoms with Crippen LogP contribution in [0.15, 0.2) is 29.6 Å². The standard InChI is InChI=1S/C24H30N2O5S/c1-3-23(27)26(13-19-5-4-9-29-19)15-24(28)25(14-22-17(2)8-10-32-22)12-18-6-7-20-21(11-18)31-16-30-20/h6-8,10-11,19H,3-5,9,12-16H2,1-2H3. The molecule has 0 spiro atoms. The predicted octanol–water partition coefficient (Wildman–Crippen LogP) is 3.73. The summed E-state index contributed by atoms with van der Waals surface area (Å²) in [5.41, 5.74) is 2.13. The number of thiophene rings is 1. The molecule has 2 aliphatic heterocycles. The van der Waals surface area contributed by atoms with E-state index < -0.39 is 0 Å². The van der Waals surface area contributed by atoms with Crippen molar-refractivity contribution in [1.82, 2.24) is 9.80 Å². The molecule has 2 aromatic rings. The first-order valence-electron chi connectivity index (χ1n) is 11.1. The van der Waals surface area contributed by atoms with Gasteiger partial charge in [-0.15, -0.1) is 11.3 Å². The Morgan fingerprint density at radius 3 is 2.66 bits per heavy atom. The Balaban J connectivity index is 1.51.